The van der Waals surface area contributed by atoms with Crippen molar-refractivity contribution in [3.05, 3.63) is 34.3 Å². The highest BCUT2D eigenvalue weighted by Crippen LogP contribution is 2.09. The number of rotatable bonds is 5. The molecule has 0 bridgehead atoms. The molecule has 0 unspecified atom stereocenters. The Morgan fingerprint density at radius 3 is 2.18 bits per heavy atom. The van der Waals surface area contributed by atoms with Crippen LogP contribution >= 0.6 is 15.9 Å². The van der Waals surface area contributed by atoms with Crippen molar-refractivity contribution in [1.82, 2.24) is 4.90 Å². The van der Waals surface area contributed by atoms with E-state index in [0.717, 1.165) is 29.7 Å². The van der Waals surface area contributed by atoms with Gasteiger partial charge in [-0.05, 0) is 50.2 Å². The molecule has 0 aliphatic rings. The molecule has 0 spiro atoms. The first-order valence-corrected chi connectivity index (χ1v) is 7.02. The van der Waals surface area contributed by atoms with Crippen LogP contribution in [0.3, 0.4) is 0 Å². The lowest BCUT2D eigenvalue weighted by atomic mass is 10.2. The summed E-state index contributed by atoms with van der Waals surface area (Å²) >= 11 is 3.42. The minimum Gasteiger partial charge on any atom is -0.292 e. The molecule has 0 N–H and O–H groups in total. The van der Waals surface area contributed by atoms with E-state index in [1.54, 1.807) is 0 Å². The lowest BCUT2D eigenvalue weighted by Gasteiger charge is -2.17. The largest absolute Gasteiger partial charge is 0.292 e. The van der Waals surface area contributed by atoms with E-state index in [2.05, 4.69) is 46.5 Å². The second kappa shape index (κ2) is 8.33. The van der Waals surface area contributed by atoms with Crippen LogP contribution in [0.5, 0.6) is 0 Å². The zero-order valence-electron chi connectivity index (χ0n) is 10.7. The normalized spacial score (nSPS) is 10.1. The smallest absolute Gasteiger partial charge is 0.0605 e. The van der Waals surface area contributed by atoms with Gasteiger partial charge < -0.3 is 0 Å². The van der Waals surface area contributed by atoms with E-state index < -0.39 is 0 Å². The molecule has 2 heteroatoms. The molecule has 0 aliphatic carbocycles. The maximum atomic E-state index is 3.42. The first-order valence-electron chi connectivity index (χ1n) is 6.23. The first kappa shape index (κ1) is 14.3. The monoisotopic (exact) mass is 293 g/mol. The maximum absolute atomic E-state index is 3.42. The molecular weight excluding hydrogens is 274 g/mol. The fourth-order valence-electron chi connectivity index (χ4n) is 1.69. The Hall–Kier alpha value is -0.780. The molecule has 0 heterocycles. The van der Waals surface area contributed by atoms with Crippen molar-refractivity contribution in [2.45, 2.75) is 26.7 Å². The summed E-state index contributed by atoms with van der Waals surface area (Å²) in [6.45, 7) is 7.58. The minimum atomic E-state index is 0.873. The summed E-state index contributed by atoms with van der Waals surface area (Å²) in [5.74, 6) is 6.46. The highest BCUT2D eigenvalue weighted by atomic mass is 79.9. The maximum Gasteiger partial charge on any atom is 0.0605 e. The molecule has 0 aromatic heterocycles. The molecule has 17 heavy (non-hydrogen) atoms. The Labute approximate surface area is 113 Å². The SMILES string of the molecule is CCCN(CC#Cc1ccc(Br)cc1)CCC. The molecule has 1 aromatic carbocycles. The summed E-state index contributed by atoms with van der Waals surface area (Å²) in [7, 11) is 0. The van der Waals surface area contributed by atoms with Gasteiger partial charge in [0.25, 0.3) is 0 Å². The predicted molar refractivity (Wildman–Crippen MR) is 78.0 cm³/mol. The lowest BCUT2D eigenvalue weighted by molar-refractivity contribution is 0.308. The summed E-state index contributed by atoms with van der Waals surface area (Å²) in [6, 6.07) is 8.14. The summed E-state index contributed by atoms with van der Waals surface area (Å²) in [5.41, 5.74) is 1.08. The highest BCUT2D eigenvalue weighted by Gasteiger charge is 1.98. The predicted octanol–water partition coefficient (Wildman–Crippen LogP) is 3.92. The van der Waals surface area contributed by atoms with Crippen LogP contribution in [0.4, 0.5) is 0 Å². The number of hydrogen-bond donors (Lipinski definition) is 0. The molecular formula is C15H20BrN. The minimum absolute atomic E-state index is 0.873. The topological polar surface area (TPSA) is 3.24 Å². The van der Waals surface area contributed by atoms with Gasteiger partial charge in [0.05, 0.1) is 6.54 Å². The number of nitrogens with zero attached hydrogens (tertiary/aromatic N) is 1. The quantitative estimate of drug-likeness (QED) is 0.744. The van der Waals surface area contributed by atoms with Crippen LogP contribution in [-0.2, 0) is 0 Å². The third kappa shape index (κ3) is 5.91. The van der Waals surface area contributed by atoms with Gasteiger partial charge in [-0.1, -0.05) is 41.6 Å². The molecule has 92 valence electrons. The van der Waals surface area contributed by atoms with E-state index in [-0.39, 0.29) is 0 Å². The molecule has 0 saturated carbocycles. The molecule has 1 rings (SSSR count). The Morgan fingerprint density at radius 2 is 1.65 bits per heavy atom. The summed E-state index contributed by atoms with van der Waals surface area (Å²) in [5, 5.41) is 0. The van der Waals surface area contributed by atoms with E-state index >= 15 is 0 Å². The lowest BCUT2D eigenvalue weighted by Crippen LogP contribution is -2.25. The fourth-order valence-corrected chi connectivity index (χ4v) is 1.95. The molecule has 0 radical (unpaired) electrons. The Kier molecular flexibility index (Phi) is 7.00. The summed E-state index contributed by atoms with van der Waals surface area (Å²) in [4.78, 5) is 2.41. The average molecular weight is 294 g/mol. The molecule has 0 atom stereocenters. The van der Waals surface area contributed by atoms with E-state index in [9.17, 15) is 0 Å². The third-order valence-corrected chi connectivity index (χ3v) is 2.99. The Morgan fingerprint density at radius 1 is 1.06 bits per heavy atom. The fraction of sp³-hybridized carbons (Fsp3) is 0.467. The van der Waals surface area contributed by atoms with Crippen molar-refractivity contribution in [3.8, 4) is 11.8 Å². The molecule has 1 aromatic rings. The van der Waals surface area contributed by atoms with Crippen molar-refractivity contribution in [2.75, 3.05) is 19.6 Å². The summed E-state index contributed by atoms with van der Waals surface area (Å²) < 4.78 is 1.10. The zero-order valence-corrected chi connectivity index (χ0v) is 12.3. The molecule has 0 amide bonds. The van der Waals surface area contributed by atoms with Gasteiger partial charge in [-0.2, -0.15) is 0 Å². The van der Waals surface area contributed by atoms with E-state index in [1.807, 2.05) is 24.3 Å². The van der Waals surface area contributed by atoms with Gasteiger partial charge in [-0.3, -0.25) is 4.90 Å². The van der Waals surface area contributed by atoms with E-state index in [1.165, 1.54) is 12.8 Å². The third-order valence-electron chi connectivity index (χ3n) is 2.46. The standard InChI is InChI=1S/C15H20BrN/c1-3-11-17(12-4-2)13-5-6-14-7-9-15(16)10-8-14/h7-10H,3-4,11-13H2,1-2H3. The van der Waals surface area contributed by atoms with E-state index in [4.69, 9.17) is 0 Å². The second-order valence-electron chi connectivity index (χ2n) is 4.08. The van der Waals surface area contributed by atoms with Crippen molar-refractivity contribution in [2.24, 2.45) is 0 Å². The van der Waals surface area contributed by atoms with E-state index in [0.29, 0.717) is 0 Å². The van der Waals surface area contributed by atoms with Crippen molar-refractivity contribution in [3.63, 3.8) is 0 Å². The van der Waals surface area contributed by atoms with Crippen LogP contribution in [0.25, 0.3) is 0 Å². The summed E-state index contributed by atoms with van der Waals surface area (Å²) in [6.07, 6.45) is 2.39. The molecule has 0 fully saturated rings. The number of hydrogen-bond acceptors (Lipinski definition) is 1. The molecule has 0 saturated heterocycles. The van der Waals surface area contributed by atoms with Crippen LogP contribution < -0.4 is 0 Å². The van der Waals surface area contributed by atoms with Gasteiger partial charge in [0, 0.05) is 10.0 Å². The van der Waals surface area contributed by atoms with Gasteiger partial charge in [-0.15, -0.1) is 0 Å². The van der Waals surface area contributed by atoms with Gasteiger partial charge in [0.15, 0.2) is 0 Å². The Bertz CT molecular complexity index is 366. The number of benzene rings is 1. The Balaban J connectivity index is 2.50. The van der Waals surface area contributed by atoms with Gasteiger partial charge in [0.1, 0.15) is 0 Å². The van der Waals surface area contributed by atoms with Gasteiger partial charge in [0.2, 0.25) is 0 Å². The average Bonchev–Trinajstić information content (AvgIpc) is 2.32. The van der Waals surface area contributed by atoms with Crippen LogP contribution in [0.2, 0.25) is 0 Å². The van der Waals surface area contributed by atoms with Crippen molar-refractivity contribution < 1.29 is 0 Å². The van der Waals surface area contributed by atoms with Gasteiger partial charge in [-0.25, -0.2) is 0 Å². The van der Waals surface area contributed by atoms with Crippen molar-refractivity contribution in [1.29, 1.82) is 0 Å². The zero-order chi connectivity index (χ0) is 12.5. The van der Waals surface area contributed by atoms with Crippen LogP contribution in [0.15, 0.2) is 28.7 Å². The van der Waals surface area contributed by atoms with Crippen LogP contribution in [0, 0.1) is 11.8 Å². The molecule has 1 nitrogen and oxygen atoms in total. The van der Waals surface area contributed by atoms with Crippen LogP contribution in [0.1, 0.15) is 32.3 Å². The van der Waals surface area contributed by atoms with Crippen molar-refractivity contribution >= 4 is 15.9 Å². The first-order chi connectivity index (χ1) is 8.26. The van der Waals surface area contributed by atoms with Gasteiger partial charge >= 0.3 is 0 Å². The second-order valence-corrected chi connectivity index (χ2v) is 5.00. The number of halogens is 1. The molecule has 0 aliphatic heterocycles. The van der Waals surface area contributed by atoms with Crippen LogP contribution in [-0.4, -0.2) is 24.5 Å². The highest BCUT2D eigenvalue weighted by molar-refractivity contribution is 9.10.